The number of nitrogens with zero attached hydrogens (tertiary/aromatic N) is 2. The largest absolute Gasteiger partial charge is 0.381 e. The summed E-state index contributed by atoms with van der Waals surface area (Å²) in [4.78, 5) is 19.6. The summed E-state index contributed by atoms with van der Waals surface area (Å²) in [7, 11) is 0. The highest BCUT2D eigenvalue weighted by Gasteiger charge is 2.47. The van der Waals surface area contributed by atoms with Gasteiger partial charge in [0.15, 0.2) is 0 Å². The first-order valence-electron chi connectivity index (χ1n) is 9.55. The van der Waals surface area contributed by atoms with Crippen LogP contribution in [0.15, 0.2) is 36.5 Å². The fourth-order valence-electron chi connectivity index (χ4n) is 4.35. The second-order valence-corrected chi connectivity index (χ2v) is 7.39. The van der Waals surface area contributed by atoms with Gasteiger partial charge in [-0.05, 0) is 38.3 Å². The molecule has 2 aromatic rings. The maximum atomic E-state index is 13.1. The molecule has 0 N–H and O–H groups in total. The molecule has 138 valence electrons. The minimum Gasteiger partial charge on any atom is -0.381 e. The molecule has 0 saturated carbocycles. The summed E-state index contributed by atoms with van der Waals surface area (Å²) < 4.78 is 11.8. The minimum absolute atomic E-state index is 0.0585. The van der Waals surface area contributed by atoms with Crippen LogP contribution in [0, 0.1) is 5.41 Å². The molecule has 1 amide bonds. The first-order chi connectivity index (χ1) is 12.7. The van der Waals surface area contributed by atoms with Gasteiger partial charge in [0.05, 0.1) is 23.8 Å². The number of amides is 1. The zero-order chi connectivity index (χ0) is 18.0. The SMILES string of the molecule is CCOC[C@]12CCCO[C@@H]1CCN(C(=O)c1cnc3ccccc3c1)C2. The van der Waals surface area contributed by atoms with Gasteiger partial charge in [0.2, 0.25) is 0 Å². The Labute approximate surface area is 154 Å². The van der Waals surface area contributed by atoms with Gasteiger partial charge in [-0.3, -0.25) is 9.78 Å². The molecule has 0 aliphatic carbocycles. The van der Waals surface area contributed by atoms with E-state index in [0.29, 0.717) is 25.3 Å². The topological polar surface area (TPSA) is 51.7 Å². The molecule has 5 heteroatoms. The third-order valence-corrected chi connectivity index (χ3v) is 5.71. The smallest absolute Gasteiger partial charge is 0.255 e. The summed E-state index contributed by atoms with van der Waals surface area (Å²) in [6, 6.07) is 9.84. The molecule has 3 heterocycles. The van der Waals surface area contributed by atoms with Crippen LogP contribution in [-0.2, 0) is 9.47 Å². The van der Waals surface area contributed by atoms with Crippen LogP contribution in [0.4, 0.5) is 0 Å². The van der Waals surface area contributed by atoms with E-state index in [2.05, 4.69) is 4.98 Å². The molecule has 26 heavy (non-hydrogen) atoms. The van der Waals surface area contributed by atoms with E-state index in [1.807, 2.05) is 42.2 Å². The van der Waals surface area contributed by atoms with Crippen molar-refractivity contribution in [3.63, 3.8) is 0 Å². The van der Waals surface area contributed by atoms with Gasteiger partial charge >= 0.3 is 0 Å². The van der Waals surface area contributed by atoms with Crippen LogP contribution in [0.25, 0.3) is 10.9 Å². The predicted molar refractivity (Wildman–Crippen MR) is 100 cm³/mol. The van der Waals surface area contributed by atoms with Gasteiger partial charge in [0.1, 0.15) is 0 Å². The zero-order valence-corrected chi connectivity index (χ0v) is 15.3. The maximum absolute atomic E-state index is 13.1. The summed E-state index contributed by atoms with van der Waals surface area (Å²) in [5, 5.41) is 0.998. The van der Waals surface area contributed by atoms with E-state index < -0.39 is 0 Å². The number of fused-ring (bicyclic) bond motifs is 2. The normalized spacial score (nSPS) is 25.9. The second kappa shape index (κ2) is 7.33. The van der Waals surface area contributed by atoms with Crippen LogP contribution >= 0.6 is 0 Å². The van der Waals surface area contributed by atoms with Crippen molar-refractivity contribution in [3.05, 3.63) is 42.1 Å². The Morgan fingerprint density at radius 1 is 1.42 bits per heavy atom. The van der Waals surface area contributed by atoms with Gasteiger partial charge in [0.25, 0.3) is 5.91 Å². The number of likely N-dealkylation sites (tertiary alicyclic amines) is 1. The van der Waals surface area contributed by atoms with E-state index in [0.717, 1.165) is 43.3 Å². The number of ether oxygens (including phenoxy) is 2. The average molecular weight is 354 g/mol. The van der Waals surface area contributed by atoms with Crippen LogP contribution in [0.1, 0.15) is 36.5 Å². The van der Waals surface area contributed by atoms with Crippen molar-refractivity contribution in [1.82, 2.24) is 9.88 Å². The molecule has 0 radical (unpaired) electrons. The van der Waals surface area contributed by atoms with Crippen molar-refractivity contribution in [2.24, 2.45) is 5.41 Å². The van der Waals surface area contributed by atoms with Gasteiger partial charge in [-0.1, -0.05) is 18.2 Å². The highest BCUT2D eigenvalue weighted by atomic mass is 16.5. The molecule has 1 aromatic carbocycles. The Balaban J connectivity index is 1.57. The van der Waals surface area contributed by atoms with Crippen molar-refractivity contribution >= 4 is 16.8 Å². The van der Waals surface area contributed by atoms with Gasteiger partial charge in [-0.15, -0.1) is 0 Å². The molecule has 2 fully saturated rings. The van der Waals surface area contributed by atoms with Crippen LogP contribution in [0.2, 0.25) is 0 Å². The number of piperidine rings is 1. The number of carbonyl (C=O) groups is 1. The maximum Gasteiger partial charge on any atom is 0.255 e. The molecular weight excluding hydrogens is 328 g/mol. The fraction of sp³-hybridized carbons (Fsp3) is 0.524. The predicted octanol–water partition coefficient (Wildman–Crippen LogP) is 3.28. The number of hydrogen-bond donors (Lipinski definition) is 0. The molecule has 5 nitrogen and oxygen atoms in total. The fourth-order valence-corrected chi connectivity index (χ4v) is 4.35. The van der Waals surface area contributed by atoms with Crippen molar-refractivity contribution in [2.45, 2.75) is 32.3 Å². The number of para-hydroxylation sites is 1. The Morgan fingerprint density at radius 3 is 3.19 bits per heavy atom. The van der Waals surface area contributed by atoms with Gasteiger partial charge in [-0.2, -0.15) is 0 Å². The van der Waals surface area contributed by atoms with E-state index in [-0.39, 0.29) is 17.4 Å². The molecule has 2 aliphatic rings. The van der Waals surface area contributed by atoms with Crippen LogP contribution in [0.3, 0.4) is 0 Å². The lowest BCUT2D eigenvalue weighted by molar-refractivity contribution is -0.146. The molecule has 0 unspecified atom stereocenters. The van der Waals surface area contributed by atoms with E-state index >= 15 is 0 Å². The standard InChI is InChI=1S/C21H26N2O3/c1-2-25-15-21-9-5-11-26-19(21)8-10-23(14-21)20(24)17-12-16-6-3-4-7-18(16)22-13-17/h3-4,6-7,12-13,19H,2,5,8-11,14-15H2,1H3/t19-,21-/m1/s1. The van der Waals surface area contributed by atoms with Gasteiger partial charge < -0.3 is 14.4 Å². The summed E-state index contributed by atoms with van der Waals surface area (Å²) >= 11 is 0. The van der Waals surface area contributed by atoms with Gasteiger partial charge in [0, 0.05) is 43.3 Å². The zero-order valence-electron chi connectivity index (χ0n) is 15.3. The van der Waals surface area contributed by atoms with Crippen molar-refractivity contribution < 1.29 is 14.3 Å². The first kappa shape index (κ1) is 17.4. The van der Waals surface area contributed by atoms with Crippen molar-refractivity contribution in [1.29, 1.82) is 0 Å². The van der Waals surface area contributed by atoms with Crippen molar-refractivity contribution in [3.8, 4) is 0 Å². The molecule has 2 aliphatic heterocycles. The van der Waals surface area contributed by atoms with E-state index in [1.165, 1.54) is 0 Å². The van der Waals surface area contributed by atoms with Gasteiger partial charge in [-0.25, -0.2) is 0 Å². The molecule has 2 saturated heterocycles. The summed E-state index contributed by atoms with van der Waals surface area (Å²) in [6.07, 6.45) is 4.85. The quantitative estimate of drug-likeness (QED) is 0.845. The Kier molecular flexibility index (Phi) is 4.92. The Hall–Kier alpha value is -1.98. The van der Waals surface area contributed by atoms with E-state index in [9.17, 15) is 4.79 Å². The monoisotopic (exact) mass is 354 g/mol. The number of benzene rings is 1. The highest BCUT2D eigenvalue weighted by Crippen LogP contribution is 2.40. The number of rotatable bonds is 4. The number of aromatic nitrogens is 1. The average Bonchev–Trinajstić information content (AvgIpc) is 2.71. The molecule has 2 atom stereocenters. The number of pyridine rings is 1. The van der Waals surface area contributed by atoms with E-state index in [1.54, 1.807) is 6.20 Å². The van der Waals surface area contributed by atoms with Crippen LogP contribution in [0.5, 0.6) is 0 Å². The second-order valence-electron chi connectivity index (χ2n) is 7.39. The first-order valence-corrected chi connectivity index (χ1v) is 9.55. The molecule has 4 rings (SSSR count). The molecule has 0 spiro atoms. The van der Waals surface area contributed by atoms with Crippen molar-refractivity contribution in [2.75, 3.05) is 32.9 Å². The number of carbonyl (C=O) groups excluding carboxylic acids is 1. The number of hydrogen-bond acceptors (Lipinski definition) is 4. The summed E-state index contributed by atoms with van der Waals surface area (Å²) in [6.45, 7) is 5.61. The molecular formula is C21H26N2O3. The third-order valence-electron chi connectivity index (χ3n) is 5.71. The lowest BCUT2D eigenvalue weighted by Gasteiger charge is -2.50. The van der Waals surface area contributed by atoms with E-state index in [4.69, 9.17) is 9.47 Å². The minimum atomic E-state index is -0.0769. The lowest BCUT2D eigenvalue weighted by atomic mass is 9.73. The third kappa shape index (κ3) is 3.21. The Bertz CT molecular complexity index is 794. The Morgan fingerprint density at radius 2 is 2.31 bits per heavy atom. The van der Waals surface area contributed by atoms with Crippen LogP contribution in [-0.4, -0.2) is 54.8 Å². The highest BCUT2D eigenvalue weighted by molar-refractivity contribution is 5.97. The summed E-state index contributed by atoms with van der Waals surface area (Å²) in [5.41, 5.74) is 1.49. The molecule has 0 bridgehead atoms. The molecule has 1 aromatic heterocycles. The summed E-state index contributed by atoms with van der Waals surface area (Å²) in [5.74, 6) is 0.0585. The lowest BCUT2D eigenvalue weighted by Crippen LogP contribution is -2.58. The van der Waals surface area contributed by atoms with Crippen LogP contribution < -0.4 is 0 Å².